The Bertz CT molecular complexity index is 1100. The third kappa shape index (κ3) is 9.55. The molecule has 3 fully saturated rings. The predicted octanol–water partition coefficient (Wildman–Crippen LogP) is 1.30. The van der Waals surface area contributed by atoms with Crippen molar-refractivity contribution in [1.82, 2.24) is 4.90 Å². The number of aliphatic hydroxyl groups excluding tert-OH is 3. The normalized spacial score (nSPS) is 51.0. The van der Waals surface area contributed by atoms with Crippen molar-refractivity contribution in [3.05, 3.63) is 0 Å². The Morgan fingerprint density at radius 3 is 2.16 bits per heavy atom. The second-order valence-electron chi connectivity index (χ2n) is 16.3. The second-order valence-corrected chi connectivity index (χ2v) is 16.3. The number of likely N-dealkylation sites (N-methyl/N-ethyl adjacent to an activating group) is 1. The molecule has 0 aliphatic carbocycles. The molecule has 50 heavy (non-hydrogen) atoms. The Morgan fingerprint density at radius 2 is 1.58 bits per heavy atom. The lowest BCUT2D eigenvalue weighted by Gasteiger charge is -2.48. The van der Waals surface area contributed by atoms with Gasteiger partial charge in [-0.25, -0.2) is 0 Å². The number of cyclic esters (lactones) is 1. The molecule has 3 saturated heterocycles. The maximum Gasteiger partial charge on any atom is 0.311 e. The molecule has 3 aliphatic rings. The van der Waals surface area contributed by atoms with Gasteiger partial charge in [0.25, 0.3) is 0 Å². The van der Waals surface area contributed by atoms with Gasteiger partial charge in [0, 0.05) is 38.1 Å². The van der Waals surface area contributed by atoms with Gasteiger partial charge >= 0.3 is 5.97 Å². The van der Waals surface area contributed by atoms with E-state index in [-0.39, 0.29) is 31.3 Å². The Labute approximate surface area is 298 Å². The molecule has 18 atom stereocenters. The summed E-state index contributed by atoms with van der Waals surface area (Å²) >= 11 is 0. The number of hydrogen-bond acceptors (Lipinski definition) is 14. The molecule has 3 aliphatic heterocycles. The SMILES string of the molecule is CCC1OC(=O)C(C)C(OC2CC(C)(OC)C(O)C(C)O2)C(C)C(OC2OC(C)CC(N)C2O)C(C)(O)CC(C)CN(C)C(C)C(O)C1(C)O. The van der Waals surface area contributed by atoms with Gasteiger partial charge in [-0.2, -0.15) is 0 Å². The minimum absolute atomic E-state index is 0.123. The highest BCUT2D eigenvalue weighted by molar-refractivity contribution is 5.73. The Morgan fingerprint density at radius 1 is 0.960 bits per heavy atom. The number of nitrogens with two attached hydrogens (primary N) is 1. The topological polar surface area (TPSA) is 203 Å². The van der Waals surface area contributed by atoms with Crippen molar-refractivity contribution in [2.75, 3.05) is 20.7 Å². The van der Waals surface area contributed by atoms with Crippen LogP contribution in [-0.2, 0) is 33.2 Å². The van der Waals surface area contributed by atoms with Crippen molar-refractivity contribution in [3.8, 4) is 0 Å². The van der Waals surface area contributed by atoms with E-state index in [0.29, 0.717) is 13.0 Å². The smallest absolute Gasteiger partial charge is 0.311 e. The first-order chi connectivity index (χ1) is 23.0. The van der Waals surface area contributed by atoms with Crippen molar-refractivity contribution < 1.29 is 58.7 Å². The first-order valence-electron chi connectivity index (χ1n) is 18.3. The average molecular weight is 721 g/mol. The number of ether oxygens (including phenoxy) is 6. The van der Waals surface area contributed by atoms with E-state index in [4.69, 9.17) is 34.2 Å². The van der Waals surface area contributed by atoms with Gasteiger partial charge in [-0.3, -0.25) is 4.79 Å². The van der Waals surface area contributed by atoms with E-state index >= 15 is 0 Å². The van der Waals surface area contributed by atoms with Crippen LogP contribution in [0.5, 0.6) is 0 Å². The van der Waals surface area contributed by atoms with Gasteiger partial charge < -0.3 is 64.6 Å². The lowest BCUT2D eigenvalue weighted by Crippen LogP contribution is -2.60. The molecule has 0 aromatic heterocycles. The maximum absolute atomic E-state index is 14.1. The van der Waals surface area contributed by atoms with Crippen molar-refractivity contribution in [3.63, 3.8) is 0 Å². The number of hydrogen-bond donors (Lipinski definition) is 6. The van der Waals surface area contributed by atoms with Crippen LogP contribution in [0.15, 0.2) is 0 Å². The van der Waals surface area contributed by atoms with E-state index < -0.39 is 102 Å². The van der Waals surface area contributed by atoms with Crippen molar-refractivity contribution in [1.29, 1.82) is 0 Å². The number of nitrogens with zero attached hydrogens (tertiary/aromatic N) is 1. The summed E-state index contributed by atoms with van der Waals surface area (Å²) < 4.78 is 37.0. The van der Waals surface area contributed by atoms with Gasteiger partial charge in [0.15, 0.2) is 12.6 Å². The standard InChI is InChI=1S/C36H68N2O12/c1-13-25-36(10,44)29(40)22(6)38(11)17-18(2)15-34(8,43)31(50-33-27(39)24(37)14-19(3)46-33)20(4)28(21(5)32(42)48-25)49-26-16-35(9,45-12)30(41)23(7)47-26/h18-31,33,39-41,43-44H,13-17,37H2,1-12H3. The fraction of sp³-hybridized carbons (Fsp3) is 0.972. The first kappa shape index (κ1) is 43.4. The molecule has 3 rings (SSSR count). The molecule has 294 valence electrons. The molecule has 0 spiro atoms. The Balaban J connectivity index is 2.16. The van der Waals surface area contributed by atoms with E-state index in [1.165, 1.54) is 14.0 Å². The number of methoxy groups -OCH3 is 1. The van der Waals surface area contributed by atoms with Crippen LogP contribution in [-0.4, -0.2) is 147 Å². The second kappa shape index (κ2) is 17.0. The van der Waals surface area contributed by atoms with Crippen LogP contribution < -0.4 is 5.73 Å². The molecule has 0 bridgehead atoms. The van der Waals surface area contributed by atoms with E-state index in [0.717, 1.165) is 0 Å². The molecule has 0 aromatic rings. The fourth-order valence-electron chi connectivity index (χ4n) is 8.28. The van der Waals surface area contributed by atoms with Crippen LogP contribution in [0.25, 0.3) is 0 Å². The molecular formula is C36H68N2O12. The van der Waals surface area contributed by atoms with Crippen LogP contribution in [0.2, 0.25) is 0 Å². The van der Waals surface area contributed by atoms with E-state index in [2.05, 4.69) is 0 Å². The van der Waals surface area contributed by atoms with Crippen LogP contribution >= 0.6 is 0 Å². The van der Waals surface area contributed by atoms with Crippen molar-refractivity contribution in [2.24, 2.45) is 23.5 Å². The molecule has 0 saturated carbocycles. The quantitative estimate of drug-likeness (QED) is 0.214. The van der Waals surface area contributed by atoms with E-state index in [1.807, 2.05) is 25.8 Å². The molecule has 3 heterocycles. The lowest BCUT2D eigenvalue weighted by molar-refractivity contribution is -0.315. The summed E-state index contributed by atoms with van der Waals surface area (Å²) in [4.78, 5) is 16.0. The van der Waals surface area contributed by atoms with Gasteiger partial charge in [-0.15, -0.1) is 0 Å². The summed E-state index contributed by atoms with van der Waals surface area (Å²) in [5.41, 5.74) is 1.86. The van der Waals surface area contributed by atoms with E-state index in [9.17, 15) is 30.3 Å². The first-order valence-corrected chi connectivity index (χ1v) is 18.3. The summed E-state index contributed by atoms with van der Waals surface area (Å²) in [6, 6.07) is -1.17. The summed E-state index contributed by atoms with van der Waals surface area (Å²) in [5.74, 6) is -2.64. The monoisotopic (exact) mass is 720 g/mol. The van der Waals surface area contributed by atoms with Gasteiger partial charge in [0.1, 0.15) is 30.0 Å². The molecule has 18 unspecified atom stereocenters. The van der Waals surface area contributed by atoms with Gasteiger partial charge in [0.2, 0.25) is 0 Å². The molecule has 0 amide bonds. The van der Waals surface area contributed by atoms with Crippen LogP contribution in [0.1, 0.15) is 94.9 Å². The third-order valence-corrected chi connectivity index (χ3v) is 11.6. The van der Waals surface area contributed by atoms with Gasteiger partial charge in [-0.1, -0.05) is 20.8 Å². The largest absolute Gasteiger partial charge is 0.459 e. The predicted molar refractivity (Wildman–Crippen MR) is 185 cm³/mol. The third-order valence-electron chi connectivity index (χ3n) is 11.6. The van der Waals surface area contributed by atoms with Crippen molar-refractivity contribution in [2.45, 2.75) is 185 Å². The number of esters is 1. The maximum atomic E-state index is 14.1. The van der Waals surface area contributed by atoms with E-state index in [1.54, 1.807) is 48.5 Å². The highest BCUT2D eigenvalue weighted by Gasteiger charge is 2.52. The van der Waals surface area contributed by atoms with Gasteiger partial charge in [-0.05, 0) is 80.7 Å². The summed E-state index contributed by atoms with van der Waals surface area (Å²) in [6.07, 6.45) is -8.74. The molecule has 14 nitrogen and oxygen atoms in total. The number of carbonyl (C=O) groups excluding carboxylic acids is 1. The summed E-state index contributed by atoms with van der Waals surface area (Å²) in [7, 11) is 3.32. The van der Waals surface area contributed by atoms with Crippen LogP contribution in [0.4, 0.5) is 0 Å². The minimum Gasteiger partial charge on any atom is -0.459 e. The average Bonchev–Trinajstić information content (AvgIpc) is 3.03. The lowest BCUT2D eigenvalue weighted by atomic mass is 9.77. The fourth-order valence-corrected chi connectivity index (χ4v) is 8.28. The van der Waals surface area contributed by atoms with Crippen LogP contribution in [0.3, 0.4) is 0 Å². The zero-order chi connectivity index (χ0) is 38.1. The number of aliphatic hydroxyl groups is 5. The highest BCUT2D eigenvalue weighted by Crippen LogP contribution is 2.40. The van der Waals surface area contributed by atoms with Crippen LogP contribution in [0, 0.1) is 17.8 Å². The molecule has 0 aromatic carbocycles. The zero-order valence-electron chi connectivity index (χ0n) is 32.3. The molecule has 7 N–H and O–H groups in total. The summed E-state index contributed by atoms with van der Waals surface area (Å²) in [5, 5.41) is 57.4. The Kier molecular flexibility index (Phi) is 14.7. The molecular weight excluding hydrogens is 652 g/mol. The van der Waals surface area contributed by atoms with Gasteiger partial charge in [0.05, 0.1) is 41.5 Å². The summed E-state index contributed by atoms with van der Waals surface area (Å²) in [6.45, 7) is 17.8. The highest BCUT2D eigenvalue weighted by atomic mass is 16.7. The molecule has 0 radical (unpaired) electrons. The zero-order valence-corrected chi connectivity index (χ0v) is 32.3. The number of rotatable bonds is 6. The minimum atomic E-state index is -1.80. The van der Waals surface area contributed by atoms with Crippen molar-refractivity contribution >= 4 is 5.97 Å². The molecule has 14 heteroatoms. The number of carbonyl (C=O) groups is 1. The Hall–Kier alpha value is -1.01.